The molecular formula is C11H10F2N2O2. The molecule has 1 amide bonds. The molecule has 0 radical (unpaired) electrons. The van der Waals surface area contributed by atoms with Crippen LogP contribution in [-0.4, -0.2) is 13.0 Å². The van der Waals surface area contributed by atoms with Gasteiger partial charge in [0, 0.05) is 18.2 Å². The molecule has 0 heterocycles. The molecule has 0 aromatic heterocycles. The zero-order valence-corrected chi connectivity index (χ0v) is 9.09. The first-order chi connectivity index (χ1) is 8.08. The van der Waals surface area contributed by atoms with Crippen molar-refractivity contribution in [2.45, 2.75) is 13.0 Å². The van der Waals surface area contributed by atoms with E-state index in [-0.39, 0.29) is 24.3 Å². The van der Waals surface area contributed by atoms with Gasteiger partial charge in [-0.3, -0.25) is 4.79 Å². The summed E-state index contributed by atoms with van der Waals surface area (Å²) in [6.45, 7) is -0.173. The predicted octanol–water partition coefficient (Wildman–Crippen LogP) is 1.50. The highest BCUT2D eigenvalue weighted by molar-refractivity contribution is 5.77. The van der Waals surface area contributed by atoms with Crippen molar-refractivity contribution in [3.8, 4) is 11.8 Å². The Morgan fingerprint density at radius 1 is 1.47 bits per heavy atom. The van der Waals surface area contributed by atoms with Crippen LogP contribution in [0.4, 0.5) is 8.78 Å². The number of rotatable bonds is 4. The largest absolute Gasteiger partial charge is 0.494 e. The third-order valence-corrected chi connectivity index (χ3v) is 2.04. The van der Waals surface area contributed by atoms with Crippen LogP contribution in [0.1, 0.15) is 12.0 Å². The minimum Gasteiger partial charge on any atom is -0.494 e. The van der Waals surface area contributed by atoms with Gasteiger partial charge < -0.3 is 10.1 Å². The van der Waals surface area contributed by atoms with E-state index in [4.69, 9.17) is 5.26 Å². The predicted molar refractivity (Wildman–Crippen MR) is 55.0 cm³/mol. The quantitative estimate of drug-likeness (QED) is 0.867. The number of benzene rings is 1. The maximum absolute atomic E-state index is 13.4. The molecule has 0 fully saturated rings. The first kappa shape index (κ1) is 12.9. The molecule has 17 heavy (non-hydrogen) atoms. The van der Waals surface area contributed by atoms with Gasteiger partial charge in [-0.15, -0.1) is 0 Å². The smallest absolute Gasteiger partial charge is 0.234 e. The van der Waals surface area contributed by atoms with Gasteiger partial charge in [0.05, 0.1) is 13.2 Å². The molecule has 1 N–H and O–H groups in total. The lowest BCUT2D eigenvalue weighted by Crippen LogP contribution is -2.22. The molecule has 0 bridgehead atoms. The Kier molecular flexibility index (Phi) is 4.40. The van der Waals surface area contributed by atoms with Crippen LogP contribution in [0.2, 0.25) is 0 Å². The Hall–Kier alpha value is -2.16. The molecule has 1 aromatic rings. The van der Waals surface area contributed by atoms with Crippen LogP contribution >= 0.6 is 0 Å². The van der Waals surface area contributed by atoms with Crippen LogP contribution in [0.3, 0.4) is 0 Å². The lowest BCUT2D eigenvalue weighted by molar-refractivity contribution is -0.120. The van der Waals surface area contributed by atoms with Crippen LogP contribution in [0.5, 0.6) is 5.75 Å². The van der Waals surface area contributed by atoms with Crippen molar-refractivity contribution in [3.05, 3.63) is 29.3 Å². The van der Waals surface area contributed by atoms with E-state index in [0.717, 1.165) is 12.1 Å². The van der Waals surface area contributed by atoms with Crippen LogP contribution in [0, 0.1) is 23.0 Å². The van der Waals surface area contributed by atoms with E-state index < -0.39 is 17.5 Å². The molecule has 4 nitrogen and oxygen atoms in total. The average Bonchev–Trinajstić information content (AvgIpc) is 2.30. The van der Waals surface area contributed by atoms with Gasteiger partial charge >= 0.3 is 0 Å². The highest BCUT2D eigenvalue weighted by Gasteiger charge is 2.11. The summed E-state index contributed by atoms with van der Waals surface area (Å²) >= 11 is 0. The van der Waals surface area contributed by atoms with E-state index in [2.05, 4.69) is 10.1 Å². The molecular weight excluding hydrogens is 230 g/mol. The van der Waals surface area contributed by atoms with E-state index in [1.807, 2.05) is 0 Å². The fourth-order valence-corrected chi connectivity index (χ4v) is 1.19. The minimum atomic E-state index is -0.710. The summed E-state index contributed by atoms with van der Waals surface area (Å²) in [6.07, 6.45) is -0.319. The van der Waals surface area contributed by atoms with Gasteiger partial charge in [0.1, 0.15) is 12.2 Å². The van der Waals surface area contributed by atoms with Gasteiger partial charge in [0.2, 0.25) is 5.91 Å². The third-order valence-electron chi connectivity index (χ3n) is 2.04. The number of nitriles is 1. The summed E-state index contributed by atoms with van der Waals surface area (Å²) < 4.78 is 31.2. The molecule has 0 saturated heterocycles. The summed E-state index contributed by atoms with van der Waals surface area (Å²) in [4.78, 5) is 11.0. The SMILES string of the molecule is COc1cc(F)c(CNC(=O)CC#N)cc1F. The van der Waals surface area contributed by atoms with E-state index in [9.17, 15) is 13.6 Å². The topological polar surface area (TPSA) is 62.1 Å². The second-order valence-electron chi connectivity index (χ2n) is 3.19. The van der Waals surface area contributed by atoms with Crippen LogP contribution in [-0.2, 0) is 11.3 Å². The maximum Gasteiger partial charge on any atom is 0.234 e. The molecule has 0 aliphatic carbocycles. The fourth-order valence-electron chi connectivity index (χ4n) is 1.19. The normalized spacial score (nSPS) is 9.53. The summed E-state index contributed by atoms with van der Waals surface area (Å²) in [5, 5.41) is 10.5. The van der Waals surface area contributed by atoms with Gasteiger partial charge in [-0.2, -0.15) is 5.26 Å². The van der Waals surface area contributed by atoms with Crippen molar-refractivity contribution in [1.29, 1.82) is 5.26 Å². The number of hydrogen-bond donors (Lipinski definition) is 1. The number of nitrogens with one attached hydrogen (secondary N) is 1. The zero-order chi connectivity index (χ0) is 12.8. The van der Waals surface area contributed by atoms with E-state index in [1.54, 1.807) is 6.07 Å². The second kappa shape index (κ2) is 5.80. The van der Waals surface area contributed by atoms with Crippen molar-refractivity contribution >= 4 is 5.91 Å². The van der Waals surface area contributed by atoms with Crippen LogP contribution in [0.25, 0.3) is 0 Å². The molecule has 0 atom stereocenters. The van der Waals surface area contributed by atoms with Crippen molar-refractivity contribution in [2.75, 3.05) is 7.11 Å². The molecule has 0 unspecified atom stereocenters. The molecule has 0 saturated carbocycles. The summed E-state index contributed by atoms with van der Waals surface area (Å²) in [5.41, 5.74) is -0.00501. The van der Waals surface area contributed by atoms with Crippen LogP contribution < -0.4 is 10.1 Å². The number of hydrogen-bond acceptors (Lipinski definition) is 3. The highest BCUT2D eigenvalue weighted by Crippen LogP contribution is 2.21. The molecule has 6 heteroatoms. The molecule has 0 spiro atoms. The number of carbonyl (C=O) groups is 1. The molecule has 1 rings (SSSR count). The fraction of sp³-hybridized carbons (Fsp3) is 0.273. The summed E-state index contributed by atoms with van der Waals surface area (Å²) in [7, 11) is 1.23. The molecule has 1 aromatic carbocycles. The Balaban J connectivity index is 2.76. The Labute approximate surface area is 96.8 Å². The number of amides is 1. The zero-order valence-electron chi connectivity index (χ0n) is 9.09. The van der Waals surface area contributed by atoms with Crippen molar-refractivity contribution in [3.63, 3.8) is 0 Å². The lowest BCUT2D eigenvalue weighted by atomic mass is 10.2. The van der Waals surface area contributed by atoms with E-state index in [0.29, 0.717) is 0 Å². The number of methoxy groups -OCH3 is 1. The first-order valence-corrected chi connectivity index (χ1v) is 4.74. The Morgan fingerprint density at radius 2 is 2.18 bits per heavy atom. The monoisotopic (exact) mass is 240 g/mol. The third kappa shape index (κ3) is 3.41. The van der Waals surface area contributed by atoms with Crippen LogP contribution in [0.15, 0.2) is 12.1 Å². The first-order valence-electron chi connectivity index (χ1n) is 4.74. The number of nitrogens with zero attached hydrogens (tertiary/aromatic N) is 1. The van der Waals surface area contributed by atoms with Gasteiger partial charge in [-0.1, -0.05) is 0 Å². The number of halogens is 2. The average molecular weight is 240 g/mol. The van der Waals surface area contributed by atoms with Gasteiger partial charge in [0.25, 0.3) is 0 Å². The lowest BCUT2D eigenvalue weighted by Gasteiger charge is -2.07. The Morgan fingerprint density at radius 3 is 2.76 bits per heavy atom. The summed E-state index contributed by atoms with van der Waals surface area (Å²) in [5.74, 6) is -2.13. The second-order valence-corrected chi connectivity index (χ2v) is 3.19. The van der Waals surface area contributed by atoms with E-state index >= 15 is 0 Å². The maximum atomic E-state index is 13.4. The Bertz CT molecular complexity index is 469. The van der Waals surface area contributed by atoms with E-state index in [1.165, 1.54) is 7.11 Å². The van der Waals surface area contributed by atoms with Gasteiger partial charge in [-0.25, -0.2) is 8.78 Å². The highest BCUT2D eigenvalue weighted by atomic mass is 19.1. The standard InChI is InChI=1S/C11H10F2N2O2/c1-17-10-5-8(12)7(4-9(10)13)6-15-11(16)2-3-14/h4-5H,2,6H2,1H3,(H,15,16). The van der Waals surface area contributed by atoms with Crippen molar-refractivity contribution in [1.82, 2.24) is 5.32 Å². The number of ether oxygens (including phenoxy) is 1. The van der Waals surface area contributed by atoms with Gasteiger partial charge in [0.15, 0.2) is 11.6 Å². The molecule has 90 valence electrons. The van der Waals surface area contributed by atoms with Crippen molar-refractivity contribution < 1.29 is 18.3 Å². The van der Waals surface area contributed by atoms with Gasteiger partial charge in [-0.05, 0) is 6.07 Å². The molecule has 0 aliphatic heterocycles. The number of carbonyl (C=O) groups excluding carboxylic acids is 1. The summed E-state index contributed by atoms with van der Waals surface area (Å²) in [6, 6.07) is 3.50. The molecule has 0 aliphatic rings. The minimum absolute atomic E-state index is 0.00501. The van der Waals surface area contributed by atoms with Crippen molar-refractivity contribution in [2.24, 2.45) is 0 Å².